The number of fused-ring (bicyclic) bond motifs is 3. The molecule has 218 valence electrons. The molecule has 0 radical (unpaired) electrons. The highest BCUT2D eigenvalue weighted by atomic mass is 15.1. The second-order valence-electron chi connectivity index (χ2n) is 11.7. The van der Waals surface area contributed by atoms with Gasteiger partial charge < -0.3 is 0 Å². The highest BCUT2D eigenvalue weighted by Crippen LogP contribution is 2.43. The number of nitrogens with zero attached hydrogens (tertiary/aromatic N) is 2. The van der Waals surface area contributed by atoms with Gasteiger partial charge in [0.1, 0.15) is 5.82 Å². The normalized spacial score (nSPS) is 11.8. The van der Waals surface area contributed by atoms with E-state index in [1.165, 1.54) is 49.0 Å². The Morgan fingerprint density at radius 1 is 0.587 bits per heavy atom. The first kappa shape index (κ1) is 27.6. The fraction of sp³-hybridized carbons (Fsp3) is 0.0227. The molecule has 0 fully saturated rings. The van der Waals surface area contributed by atoms with Gasteiger partial charge in [-0.05, 0) is 91.9 Å². The maximum atomic E-state index is 5.26. The molecule has 0 atom stereocenters. The number of hydrogen-bond acceptors (Lipinski definition) is 1. The first-order chi connectivity index (χ1) is 22.7. The largest absolute Gasteiger partial charge is 0.292 e. The summed E-state index contributed by atoms with van der Waals surface area (Å²) < 4.78 is 2.21. The Kier molecular flexibility index (Phi) is 6.89. The molecule has 0 amide bonds. The predicted molar refractivity (Wildman–Crippen MR) is 197 cm³/mol. The first-order valence-electron chi connectivity index (χ1n) is 15.7. The third-order valence-corrected chi connectivity index (χ3v) is 8.90. The molecule has 0 saturated heterocycles. The van der Waals surface area contributed by atoms with E-state index in [-0.39, 0.29) is 0 Å². The van der Waals surface area contributed by atoms with Crippen LogP contribution in [0.1, 0.15) is 23.9 Å². The molecule has 0 bridgehead atoms. The van der Waals surface area contributed by atoms with Gasteiger partial charge in [-0.2, -0.15) is 0 Å². The first-order valence-corrected chi connectivity index (χ1v) is 15.7. The molecule has 1 heterocycles. The van der Waals surface area contributed by atoms with Crippen molar-refractivity contribution in [2.45, 2.75) is 6.92 Å². The maximum Gasteiger partial charge on any atom is 0.145 e. The number of para-hydroxylation sites is 1. The number of aromatic nitrogens is 2. The zero-order valence-electron chi connectivity index (χ0n) is 25.7. The summed E-state index contributed by atoms with van der Waals surface area (Å²) in [5, 5.41) is 7.42. The molecule has 0 unspecified atom stereocenters. The molecule has 8 rings (SSSR count). The van der Waals surface area contributed by atoms with E-state index in [1.54, 1.807) is 0 Å². The van der Waals surface area contributed by atoms with Crippen molar-refractivity contribution in [1.29, 1.82) is 0 Å². The van der Waals surface area contributed by atoms with Crippen LogP contribution in [0.4, 0.5) is 0 Å². The van der Waals surface area contributed by atoms with Gasteiger partial charge in [0.15, 0.2) is 0 Å². The van der Waals surface area contributed by atoms with Crippen molar-refractivity contribution in [3.05, 3.63) is 175 Å². The van der Waals surface area contributed by atoms with E-state index < -0.39 is 0 Å². The predicted octanol–water partition coefficient (Wildman–Crippen LogP) is 11.9. The van der Waals surface area contributed by atoms with Crippen molar-refractivity contribution < 1.29 is 0 Å². The van der Waals surface area contributed by atoms with Crippen LogP contribution >= 0.6 is 0 Å². The Morgan fingerprint density at radius 3 is 1.80 bits per heavy atom. The van der Waals surface area contributed by atoms with Crippen LogP contribution in [-0.4, -0.2) is 9.55 Å². The molecule has 0 saturated carbocycles. The highest BCUT2D eigenvalue weighted by molar-refractivity contribution is 6.20. The molecule has 2 heteroatoms. The second-order valence-corrected chi connectivity index (χ2v) is 11.7. The summed E-state index contributed by atoms with van der Waals surface area (Å²) in [6.07, 6.45) is 4.15. The van der Waals surface area contributed by atoms with Crippen molar-refractivity contribution in [2.75, 3.05) is 0 Å². The molecule has 8 aromatic rings. The number of benzene rings is 7. The number of allylic oxidation sites excluding steroid dienone is 1. The van der Waals surface area contributed by atoms with Crippen LogP contribution < -0.4 is 0 Å². The van der Waals surface area contributed by atoms with Crippen molar-refractivity contribution in [3.8, 4) is 28.2 Å². The Bertz CT molecular complexity index is 2370. The minimum Gasteiger partial charge on any atom is -0.292 e. The van der Waals surface area contributed by atoms with Gasteiger partial charge in [0.25, 0.3) is 0 Å². The third-order valence-electron chi connectivity index (χ3n) is 8.90. The summed E-state index contributed by atoms with van der Waals surface area (Å²) in [5.41, 5.74) is 8.83. The summed E-state index contributed by atoms with van der Waals surface area (Å²) in [5.74, 6) is 0.891. The SMILES string of the molecule is C=Cc1c(/C=C(\C)c2c3ccccc3c(-c3ccc4ccccc4c3)c3ccccc23)nc(-c2ccccc2)n1-c1ccccc1. The lowest BCUT2D eigenvalue weighted by molar-refractivity contribution is 1.05. The van der Waals surface area contributed by atoms with Gasteiger partial charge in [-0.3, -0.25) is 4.57 Å². The minimum absolute atomic E-state index is 0.891. The van der Waals surface area contributed by atoms with Crippen LogP contribution in [0.15, 0.2) is 158 Å². The Hall–Kier alpha value is -5.99. The smallest absolute Gasteiger partial charge is 0.145 e. The van der Waals surface area contributed by atoms with Crippen LogP contribution in [0.2, 0.25) is 0 Å². The topological polar surface area (TPSA) is 17.8 Å². The summed E-state index contributed by atoms with van der Waals surface area (Å²) in [6, 6.07) is 53.8. The van der Waals surface area contributed by atoms with E-state index in [0.29, 0.717) is 0 Å². The molecule has 1 aromatic heterocycles. The Morgan fingerprint density at radius 2 is 1.15 bits per heavy atom. The minimum atomic E-state index is 0.891. The Labute approximate surface area is 269 Å². The van der Waals surface area contributed by atoms with Gasteiger partial charge in [-0.1, -0.05) is 140 Å². The molecule has 46 heavy (non-hydrogen) atoms. The molecule has 2 nitrogen and oxygen atoms in total. The Balaban J connectivity index is 1.38. The van der Waals surface area contributed by atoms with Crippen molar-refractivity contribution in [1.82, 2.24) is 9.55 Å². The lowest BCUT2D eigenvalue weighted by Crippen LogP contribution is -1.99. The van der Waals surface area contributed by atoms with Gasteiger partial charge in [-0.15, -0.1) is 0 Å². The number of rotatable bonds is 6. The van der Waals surface area contributed by atoms with Crippen LogP contribution in [0.5, 0.6) is 0 Å². The van der Waals surface area contributed by atoms with Gasteiger partial charge in [0.2, 0.25) is 0 Å². The van der Waals surface area contributed by atoms with Crippen LogP contribution in [0, 0.1) is 0 Å². The van der Waals surface area contributed by atoms with Crippen molar-refractivity contribution in [2.24, 2.45) is 0 Å². The van der Waals surface area contributed by atoms with Crippen LogP contribution in [0.3, 0.4) is 0 Å². The van der Waals surface area contributed by atoms with E-state index in [4.69, 9.17) is 4.98 Å². The quantitative estimate of drug-likeness (QED) is 0.177. The highest BCUT2D eigenvalue weighted by Gasteiger charge is 2.20. The van der Waals surface area contributed by atoms with E-state index in [0.717, 1.165) is 34.0 Å². The fourth-order valence-electron chi connectivity index (χ4n) is 6.86. The molecule has 0 aliphatic rings. The van der Waals surface area contributed by atoms with Gasteiger partial charge >= 0.3 is 0 Å². The third kappa shape index (κ3) is 4.63. The molecule has 0 aliphatic heterocycles. The maximum absolute atomic E-state index is 5.26. The molecule has 0 aliphatic carbocycles. The van der Waals surface area contributed by atoms with Gasteiger partial charge in [0.05, 0.1) is 11.4 Å². The van der Waals surface area contributed by atoms with Crippen molar-refractivity contribution in [3.63, 3.8) is 0 Å². The summed E-state index contributed by atoms with van der Waals surface area (Å²) in [6.45, 7) is 6.45. The fourth-order valence-corrected chi connectivity index (χ4v) is 6.86. The molecule has 0 spiro atoms. The van der Waals surface area contributed by atoms with Crippen LogP contribution in [-0.2, 0) is 0 Å². The van der Waals surface area contributed by atoms with E-state index >= 15 is 0 Å². The molecular weight excluding hydrogens is 556 g/mol. The standard InChI is InChI=1S/C44H32N2/c1-3-41-40(45-44(32-17-6-4-7-18-32)46(41)35-20-8-5-9-21-35)28-30(2)42-36-22-12-14-24-38(36)43(39-25-15-13-23-37(39)42)34-27-26-31-16-10-11-19-33(31)29-34/h3-29H,1H2,2H3/b30-28+. The average molecular weight is 589 g/mol. The molecular formula is C44H32N2. The number of imidazole rings is 1. The lowest BCUT2D eigenvalue weighted by Gasteiger charge is -2.18. The van der Waals surface area contributed by atoms with Gasteiger partial charge in [-0.25, -0.2) is 4.98 Å². The van der Waals surface area contributed by atoms with Gasteiger partial charge in [0, 0.05) is 11.3 Å². The zero-order chi connectivity index (χ0) is 31.0. The van der Waals surface area contributed by atoms with E-state index in [2.05, 4.69) is 164 Å². The molecule has 0 N–H and O–H groups in total. The average Bonchev–Trinajstić information content (AvgIpc) is 3.48. The van der Waals surface area contributed by atoms with E-state index in [9.17, 15) is 0 Å². The molecule has 7 aromatic carbocycles. The van der Waals surface area contributed by atoms with Crippen LogP contribution in [0.25, 0.3) is 78.2 Å². The van der Waals surface area contributed by atoms with Crippen molar-refractivity contribution >= 4 is 50.0 Å². The summed E-state index contributed by atoms with van der Waals surface area (Å²) in [4.78, 5) is 5.26. The summed E-state index contributed by atoms with van der Waals surface area (Å²) >= 11 is 0. The zero-order valence-corrected chi connectivity index (χ0v) is 25.7. The second kappa shape index (κ2) is 11.5. The van der Waals surface area contributed by atoms with E-state index in [1.807, 2.05) is 18.2 Å². The summed E-state index contributed by atoms with van der Waals surface area (Å²) in [7, 11) is 0. The lowest BCUT2D eigenvalue weighted by atomic mass is 9.85. The number of hydrogen-bond donors (Lipinski definition) is 0. The monoisotopic (exact) mass is 588 g/mol.